The van der Waals surface area contributed by atoms with Crippen molar-refractivity contribution >= 4 is 28.3 Å². The molecule has 0 unspecified atom stereocenters. The Morgan fingerprint density at radius 1 is 1.33 bits per heavy atom. The fraction of sp³-hybridized carbons (Fsp3) is 0.571. The number of nitrogens with zero attached hydrogens (tertiary/aromatic N) is 1. The fourth-order valence-corrected chi connectivity index (χ4v) is 2.98. The third-order valence-electron chi connectivity index (χ3n) is 3.54. The van der Waals surface area contributed by atoms with E-state index in [1.165, 1.54) is 0 Å². The molecule has 21 heavy (non-hydrogen) atoms. The summed E-state index contributed by atoms with van der Waals surface area (Å²) in [5.74, 6) is 0.664. The number of ether oxygens (including phenoxy) is 1. The van der Waals surface area contributed by atoms with Crippen LogP contribution in [0.25, 0.3) is 0 Å². The number of methoxy groups -OCH3 is 1. The Morgan fingerprint density at radius 2 is 2.00 bits per heavy atom. The Kier molecular flexibility index (Phi) is 7.87. The first kappa shape index (κ1) is 18.6. The summed E-state index contributed by atoms with van der Waals surface area (Å²) in [5, 5.41) is 3.24. The van der Waals surface area contributed by atoms with E-state index in [9.17, 15) is 8.78 Å². The second-order valence-electron chi connectivity index (χ2n) is 4.81. The minimum absolute atomic E-state index is 0. The Morgan fingerprint density at radius 3 is 2.57 bits per heavy atom. The molecule has 120 valence electrons. The predicted octanol–water partition coefficient (Wildman–Crippen LogP) is 3.48. The van der Waals surface area contributed by atoms with Crippen molar-refractivity contribution in [1.82, 2.24) is 10.2 Å². The summed E-state index contributed by atoms with van der Waals surface area (Å²) in [5.41, 5.74) is 0.823. The summed E-state index contributed by atoms with van der Waals surface area (Å²) in [6, 6.07) is 5.25. The van der Waals surface area contributed by atoms with E-state index in [4.69, 9.17) is 4.74 Å². The average molecular weight is 386 g/mol. The lowest BCUT2D eigenvalue weighted by Crippen LogP contribution is -2.45. The van der Waals surface area contributed by atoms with Crippen LogP contribution in [0.2, 0.25) is 0 Å². The molecule has 1 N–H and O–H groups in total. The van der Waals surface area contributed by atoms with Crippen molar-refractivity contribution in [2.45, 2.75) is 18.9 Å². The van der Waals surface area contributed by atoms with Crippen LogP contribution in [-0.2, 0) is 0 Å². The van der Waals surface area contributed by atoms with E-state index in [0.29, 0.717) is 5.75 Å². The third-order valence-corrected chi connectivity index (χ3v) is 4.04. The van der Waals surface area contributed by atoms with Crippen LogP contribution in [0.1, 0.15) is 18.0 Å². The highest BCUT2D eigenvalue weighted by Gasteiger charge is 2.27. The Labute approximate surface area is 138 Å². The number of hydrogen-bond donors (Lipinski definition) is 1. The van der Waals surface area contributed by atoms with Crippen molar-refractivity contribution in [2.75, 3.05) is 33.3 Å². The SMILES string of the molecule is COc1ccc(Br)cc1[C@H](CC(F)F)N1CCNCC1.Cl. The number of alkyl halides is 2. The Balaban J connectivity index is 0.00000220. The van der Waals surface area contributed by atoms with Crippen LogP contribution in [0.5, 0.6) is 5.75 Å². The van der Waals surface area contributed by atoms with Gasteiger partial charge in [-0.1, -0.05) is 15.9 Å². The second kappa shape index (κ2) is 8.88. The molecule has 1 saturated heterocycles. The number of piperazine rings is 1. The van der Waals surface area contributed by atoms with Gasteiger partial charge in [0, 0.05) is 48.7 Å². The van der Waals surface area contributed by atoms with Gasteiger partial charge in [0.15, 0.2) is 0 Å². The second-order valence-corrected chi connectivity index (χ2v) is 5.73. The maximum atomic E-state index is 13.0. The lowest BCUT2D eigenvalue weighted by Gasteiger charge is -2.35. The highest BCUT2D eigenvalue weighted by atomic mass is 79.9. The molecule has 0 aromatic heterocycles. The van der Waals surface area contributed by atoms with Gasteiger partial charge in [0.05, 0.1) is 7.11 Å². The molecule has 7 heteroatoms. The molecule has 1 aromatic rings. The molecule has 1 fully saturated rings. The first-order valence-corrected chi connectivity index (χ1v) is 7.47. The molecule has 2 rings (SSSR count). The van der Waals surface area contributed by atoms with Gasteiger partial charge >= 0.3 is 0 Å². The molecule has 0 radical (unpaired) electrons. The van der Waals surface area contributed by atoms with Crippen LogP contribution in [0.3, 0.4) is 0 Å². The van der Waals surface area contributed by atoms with E-state index >= 15 is 0 Å². The molecule has 0 amide bonds. The average Bonchev–Trinajstić information content (AvgIpc) is 2.45. The van der Waals surface area contributed by atoms with Crippen molar-refractivity contribution in [3.63, 3.8) is 0 Å². The third kappa shape index (κ3) is 5.06. The molecule has 3 nitrogen and oxygen atoms in total. The summed E-state index contributed by atoms with van der Waals surface area (Å²) in [4.78, 5) is 2.10. The van der Waals surface area contributed by atoms with E-state index in [1.54, 1.807) is 7.11 Å². The minimum atomic E-state index is -2.33. The minimum Gasteiger partial charge on any atom is -0.496 e. The van der Waals surface area contributed by atoms with E-state index in [2.05, 4.69) is 26.1 Å². The van der Waals surface area contributed by atoms with Gasteiger partial charge in [-0.15, -0.1) is 12.4 Å². The van der Waals surface area contributed by atoms with Gasteiger partial charge in [-0.05, 0) is 18.2 Å². The zero-order valence-electron chi connectivity index (χ0n) is 11.8. The van der Waals surface area contributed by atoms with Crippen LogP contribution in [0.4, 0.5) is 8.78 Å². The molecule has 0 bridgehead atoms. The predicted molar refractivity (Wildman–Crippen MR) is 85.7 cm³/mol. The number of rotatable bonds is 5. The lowest BCUT2D eigenvalue weighted by atomic mass is 10.00. The fourth-order valence-electron chi connectivity index (χ4n) is 2.60. The molecular weight excluding hydrogens is 366 g/mol. The molecular formula is C14H20BrClF2N2O. The highest BCUT2D eigenvalue weighted by Crippen LogP contribution is 2.35. The molecule has 1 heterocycles. The van der Waals surface area contributed by atoms with E-state index in [1.807, 2.05) is 18.2 Å². The number of hydrogen-bond acceptors (Lipinski definition) is 3. The molecule has 1 aliphatic heterocycles. The summed E-state index contributed by atoms with van der Waals surface area (Å²) < 4.78 is 32.2. The van der Waals surface area contributed by atoms with Crippen molar-refractivity contribution in [3.05, 3.63) is 28.2 Å². The zero-order chi connectivity index (χ0) is 14.5. The molecule has 1 aromatic carbocycles. The van der Waals surface area contributed by atoms with Gasteiger partial charge in [-0.25, -0.2) is 8.78 Å². The van der Waals surface area contributed by atoms with Crippen molar-refractivity contribution in [3.8, 4) is 5.75 Å². The van der Waals surface area contributed by atoms with Crippen LogP contribution in [0.15, 0.2) is 22.7 Å². The molecule has 1 atom stereocenters. The highest BCUT2D eigenvalue weighted by molar-refractivity contribution is 9.10. The van der Waals surface area contributed by atoms with Crippen molar-refractivity contribution in [1.29, 1.82) is 0 Å². The number of benzene rings is 1. The monoisotopic (exact) mass is 384 g/mol. The topological polar surface area (TPSA) is 24.5 Å². The summed E-state index contributed by atoms with van der Waals surface area (Å²) in [6.07, 6.45) is -2.51. The van der Waals surface area contributed by atoms with Crippen LogP contribution < -0.4 is 10.1 Å². The Hall–Kier alpha value is -0.430. The summed E-state index contributed by atoms with van der Waals surface area (Å²) in [6.45, 7) is 3.20. The first-order valence-electron chi connectivity index (χ1n) is 6.68. The molecule has 0 spiro atoms. The van der Waals surface area contributed by atoms with Gasteiger partial charge in [0.2, 0.25) is 6.43 Å². The lowest BCUT2D eigenvalue weighted by molar-refractivity contribution is 0.0729. The van der Waals surface area contributed by atoms with Gasteiger partial charge < -0.3 is 10.1 Å². The van der Waals surface area contributed by atoms with Gasteiger partial charge in [0.1, 0.15) is 5.75 Å². The normalized spacial score (nSPS) is 17.4. The standard InChI is InChI=1S/C14H19BrF2N2O.ClH/c1-20-13-3-2-10(15)8-11(13)12(9-14(16)17)19-6-4-18-5-7-19;/h2-3,8,12,14,18H,4-7,9H2,1H3;1H/t12-;/m0./s1. The molecule has 0 aliphatic carbocycles. The molecule has 1 aliphatic rings. The molecule has 0 saturated carbocycles. The Bertz CT molecular complexity index is 445. The van der Waals surface area contributed by atoms with Crippen molar-refractivity contribution in [2.24, 2.45) is 0 Å². The van der Waals surface area contributed by atoms with E-state index < -0.39 is 6.43 Å². The van der Waals surface area contributed by atoms with Crippen LogP contribution in [-0.4, -0.2) is 44.6 Å². The maximum absolute atomic E-state index is 13.0. The van der Waals surface area contributed by atoms with E-state index in [-0.39, 0.29) is 24.9 Å². The van der Waals surface area contributed by atoms with E-state index in [0.717, 1.165) is 36.2 Å². The van der Waals surface area contributed by atoms with Gasteiger partial charge in [0.25, 0.3) is 0 Å². The number of halogens is 4. The number of nitrogens with one attached hydrogen (secondary N) is 1. The largest absolute Gasteiger partial charge is 0.496 e. The summed E-state index contributed by atoms with van der Waals surface area (Å²) in [7, 11) is 1.57. The summed E-state index contributed by atoms with van der Waals surface area (Å²) >= 11 is 3.41. The zero-order valence-corrected chi connectivity index (χ0v) is 14.2. The smallest absolute Gasteiger partial charge is 0.240 e. The maximum Gasteiger partial charge on any atom is 0.240 e. The van der Waals surface area contributed by atoms with Crippen LogP contribution in [0, 0.1) is 0 Å². The van der Waals surface area contributed by atoms with Crippen molar-refractivity contribution < 1.29 is 13.5 Å². The van der Waals surface area contributed by atoms with Gasteiger partial charge in [-0.3, -0.25) is 4.90 Å². The van der Waals surface area contributed by atoms with Gasteiger partial charge in [-0.2, -0.15) is 0 Å². The quantitative estimate of drug-likeness (QED) is 0.840. The first-order chi connectivity index (χ1) is 9.61. The van der Waals surface area contributed by atoms with Crippen LogP contribution >= 0.6 is 28.3 Å².